The minimum Gasteiger partial charge on any atom is -0.477 e. The Balaban J connectivity index is 2.05. The smallest absolute Gasteiger partial charge is 0.265 e. The first kappa shape index (κ1) is 18.4. The van der Waals surface area contributed by atoms with Gasteiger partial charge in [-0.25, -0.2) is 17.2 Å². The summed E-state index contributed by atoms with van der Waals surface area (Å²) in [5.41, 5.74) is -0.0672. The van der Waals surface area contributed by atoms with Crippen LogP contribution in [-0.2, 0) is 14.8 Å². The molecule has 0 bridgehead atoms. The molecule has 2 aromatic carbocycles. The van der Waals surface area contributed by atoms with Crippen molar-refractivity contribution >= 4 is 38.9 Å². The molecule has 0 saturated heterocycles. The number of amides is 1. The molecule has 10 heteroatoms. The average molecular weight is 403 g/mol. The number of ether oxygens (including phenoxy) is 1. The van der Waals surface area contributed by atoms with Gasteiger partial charge in [-0.3, -0.25) is 9.52 Å². The third-order valence-electron chi connectivity index (χ3n) is 3.66. The van der Waals surface area contributed by atoms with E-state index in [1.165, 1.54) is 6.07 Å². The molecule has 3 rings (SSSR count). The lowest BCUT2D eigenvalue weighted by atomic mass is 10.2. The van der Waals surface area contributed by atoms with E-state index in [4.69, 9.17) is 16.3 Å². The van der Waals surface area contributed by atoms with E-state index in [0.717, 1.165) is 18.2 Å². The molecule has 0 aliphatic carbocycles. The number of halogens is 3. The monoisotopic (exact) mass is 402 g/mol. The van der Waals surface area contributed by atoms with Crippen LogP contribution in [0.25, 0.3) is 0 Å². The first-order valence-corrected chi connectivity index (χ1v) is 9.36. The molecule has 2 N–H and O–H groups in total. The van der Waals surface area contributed by atoms with Gasteiger partial charge in [0.2, 0.25) is 0 Å². The molecule has 1 amide bonds. The number of hydrogen-bond donors (Lipinski definition) is 2. The number of anilines is 2. The maximum atomic E-state index is 13.3. The van der Waals surface area contributed by atoms with Crippen LogP contribution in [0.5, 0.6) is 5.75 Å². The van der Waals surface area contributed by atoms with Crippen molar-refractivity contribution in [2.45, 2.75) is 24.3 Å². The van der Waals surface area contributed by atoms with Gasteiger partial charge in [-0.05, 0) is 30.7 Å². The van der Waals surface area contributed by atoms with Crippen LogP contribution in [0, 0.1) is 11.6 Å². The van der Waals surface area contributed by atoms with Gasteiger partial charge in [0.1, 0.15) is 4.90 Å². The highest BCUT2D eigenvalue weighted by Gasteiger charge is 2.32. The normalized spacial score (nSPS) is 16.5. The van der Waals surface area contributed by atoms with Crippen molar-refractivity contribution in [2.75, 3.05) is 10.0 Å². The number of carbonyl (C=O) groups is 1. The largest absolute Gasteiger partial charge is 0.477 e. The fourth-order valence-electron chi connectivity index (χ4n) is 2.43. The summed E-state index contributed by atoms with van der Waals surface area (Å²) in [5, 5.41) is 2.59. The Morgan fingerprint density at radius 1 is 1.23 bits per heavy atom. The van der Waals surface area contributed by atoms with E-state index in [1.807, 2.05) is 0 Å². The van der Waals surface area contributed by atoms with Gasteiger partial charge < -0.3 is 10.1 Å². The second-order valence-electron chi connectivity index (χ2n) is 5.52. The molecule has 1 unspecified atom stereocenters. The first-order chi connectivity index (χ1) is 12.2. The summed E-state index contributed by atoms with van der Waals surface area (Å²) in [5.74, 6) is -2.80. The fraction of sp³-hybridized carbons (Fsp3) is 0.188. The van der Waals surface area contributed by atoms with E-state index >= 15 is 0 Å². The van der Waals surface area contributed by atoms with Gasteiger partial charge in [0.15, 0.2) is 23.5 Å². The van der Waals surface area contributed by atoms with Crippen molar-refractivity contribution in [3.05, 3.63) is 47.0 Å². The third kappa shape index (κ3) is 3.45. The molecule has 0 spiro atoms. The summed E-state index contributed by atoms with van der Waals surface area (Å²) in [4.78, 5) is 11.6. The predicted octanol–water partition coefficient (Wildman–Crippen LogP) is 3.53. The second-order valence-corrected chi connectivity index (χ2v) is 7.61. The Hall–Kier alpha value is -2.39. The van der Waals surface area contributed by atoms with Crippen LogP contribution in [0.4, 0.5) is 20.2 Å². The first-order valence-electron chi connectivity index (χ1n) is 7.50. The van der Waals surface area contributed by atoms with Crippen molar-refractivity contribution < 1.29 is 26.7 Å². The van der Waals surface area contributed by atoms with E-state index in [2.05, 4.69) is 10.0 Å². The van der Waals surface area contributed by atoms with Crippen LogP contribution in [0.1, 0.15) is 13.3 Å². The Labute approximate surface area is 153 Å². The van der Waals surface area contributed by atoms with Gasteiger partial charge in [0.05, 0.1) is 11.4 Å². The number of benzene rings is 2. The Morgan fingerprint density at radius 3 is 2.62 bits per heavy atom. The lowest BCUT2D eigenvalue weighted by Gasteiger charge is -2.27. The van der Waals surface area contributed by atoms with Gasteiger partial charge in [-0.2, -0.15) is 0 Å². The summed E-state index contributed by atoms with van der Waals surface area (Å²) in [6.07, 6.45) is -0.537. The maximum Gasteiger partial charge on any atom is 0.265 e. The number of rotatable bonds is 4. The highest BCUT2D eigenvalue weighted by atomic mass is 35.5. The second kappa shape index (κ2) is 6.73. The van der Waals surface area contributed by atoms with Crippen LogP contribution in [0.3, 0.4) is 0 Å². The lowest BCUT2D eigenvalue weighted by molar-refractivity contribution is -0.123. The SMILES string of the molecule is CCC1Oc2c(cc(Cl)cc2S(=O)(=O)Nc2ccc(F)c(F)c2)NC1=O. The van der Waals surface area contributed by atoms with Gasteiger partial charge in [-0.1, -0.05) is 18.5 Å². The van der Waals surface area contributed by atoms with Gasteiger partial charge in [-0.15, -0.1) is 0 Å². The zero-order valence-corrected chi connectivity index (χ0v) is 14.9. The summed E-state index contributed by atoms with van der Waals surface area (Å²) in [7, 11) is -4.26. The highest BCUT2D eigenvalue weighted by molar-refractivity contribution is 7.92. The molecular formula is C16H13ClF2N2O4S. The minimum absolute atomic E-state index is 0.0493. The zero-order chi connectivity index (χ0) is 19.1. The molecule has 1 aliphatic heterocycles. The van der Waals surface area contributed by atoms with Crippen LogP contribution in [0.2, 0.25) is 5.02 Å². The number of sulfonamides is 1. The third-order valence-corrected chi connectivity index (χ3v) is 5.27. The van der Waals surface area contributed by atoms with Gasteiger partial charge in [0, 0.05) is 11.1 Å². The van der Waals surface area contributed by atoms with Crippen molar-refractivity contribution in [3.63, 3.8) is 0 Å². The summed E-state index contributed by atoms with van der Waals surface area (Å²) >= 11 is 5.95. The van der Waals surface area contributed by atoms with Crippen LogP contribution in [0.15, 0.2) is 35.2 Å². The predicted molar refractivity (Wildman–Crippen MR) is 92.0 cm³/mol. The number of fused-ring (bicyclic) bond motifs is 1. The number of carbonyl (C=O) groups excluding carboxylic acids is 1. The Bertz CT molecular complexity index is 998. The van der Waals surface area contributed by atoms with Crippen LogP contribution < -0.4 is 14.8 Å². The number of nitrogens with one attached hydrogen (secondary N) is 2. The molecule has 6 nitrogen and oxygen atoms in total. The standard InChI is InChI=1S/C16H13ClF2N2O4S/c1-2-13-16(22)20-12-5-8(17)6-14(15(12)25-13)26(23,24)21-9-3-4-10(18)11(19)7-9/h3-7,13,21H,2H2,1H3,(H,20,22). The Kier molecular flexibility index (Phi) is 4.76. The van der Waals surface area contributed by atoms with E-state index in [1.54, 1.807) is 6.92 Å². The quantitative estimate of drug-likeness (QED) is 0.819. The molecule has 0 saturated carbocycles. The van der Waals surface area contributed by atoms with Gasteiger partial charge in [0.25, 0.3) is 15.9 Å². The van der Waals surface area contributed by atoms with Crippen LogP contribution in [-0.4, -0.2) is 20.4 Å². The van der Waals surface area contributed by atoms with Gasteiger partial charge >= 0.3 is 0 Å². The lowest BCUT2D eigenvalue weighted by Crippen LogP contribution is -2.37. The maximum absolute atomic E-state index is 13.3. The molecule has 0 fully saturated rings. The average Bonchev–Trinajstić information content (AvgIpc) is 2.56. The van der Waals surface area contributed by atoms with Crippen molar-refractivity contribution in [3.8, 4) is 5.75 Å². The molecule has 138 valence electrons. The van der Waals surface area contributed by atoms with E-state index in [-0.39, 0.29) is 27.0 Å². The molecule has 0 aromatic heterocycles. The minimum atomic E-state index is -4.26. The topological polar surface area (TPSA) is 84.5 Å². The molecule has 1 atom stereocenters. The van der Waals surface area contributed by atoms with E-state index in [9.17, 15) is 22.0 Å². The molecular weight excluding hydrogens is 390 g/mol. The summed E-state index contributed by atoms with van der Waals surface area (Å²) in [6.45, 7) is 1.71. The highest BCUT2D eigenvalue weighted by Crippen LogP contribution is 2.40. The van der Waals surface area contributed by atoms with E-state index < -0.39 is 33.7 Å². The molecule has 2 aromatic rings. The molecule has 1 aliphatic rings. The summed E-state index contributed by atoms with van der Waals surface area (Å²) < 4.78 is 59.5. The molecule has 26 heavy (non-hydrogen) atoms. The zero-order valence-electron chi connectivity index (χ0n) is 13.3. The molecule has 1 heterocycles. The van der Waals surface area contributed by atoms with Crippen molar-refractivity contribution in [1.29, 1.82) is 0 Å². The van der Waals surface area contributed by atoms with Crippen LogP contribution >= 0.6 is 11.6 Å². The fourth-order valence-corrected chi connectivity index (χ4v) is 3.94. The van der Waals surface area contributed by atoms with Crippen molar-refractivity contribution in [1.82, 2.24) is 0 Å². The summed E-state index contributed by atoms with van der Waals surface area (Å²) in [6, 6.07) is 5.08. The Morgan fingerprint density at radius 2 is 1.96 bits per heavy atom. The number of hydrogen-bond acceptors (Lipinski definition) is 4. The molecule has 0 radical (unpaired) electrons. The van der Waals surface area contributed by atoms with Crippen molar-refractivity contribution in [2.24, 2.45) is 0 Å². The van der Waals surface area contributed by atoms with E-state index in [0.29, 0.717) is 12.5 Å².